The lowest BCUT2D eigenvalue weighted by atomic mass is 10.0. The lowest BCUT2D eigenvalue weighted by molar-refractivity contribution is 0.164. The third kappa shape index (κ3) is 1.97. The molecule has 0 saturated heterocycles. The smallest absolute Gasteiger partial charge is 0.0705 e. The van der Waals surface area contributed by atoms with Crippen LogP contribution in [-0.4, -0.2) is 11.2 Å². The van der Waals surface area contributed by atoms with Crippen molar-refractivity contribution >= 4 is 11.6 Å². The van der Waals surface area contributed by atoms with E-state index in [1.54, 1.807) is 13.0 Å². The quantitative estimate of drug-likeness (QED) is 0.737. The Bertz CT molecular complexity index is 262. The van der Waals surface area contributed by atoms with Crippen molar-refractivity contribution in [2.75, 3.05) is 0 Å². The molecule has 0 aliphatic heterocycles. The molecule has 0 heterocycles. The summed E-state index contributed by atoms with van der Waals surface area (Å²) in [6.07, 6.45) is -0.579. The van der Waals surface area contributed by atoms with Crippen LogP contribution in [0.4, 0.5) is 0 Å². The molecule has 0 aliphatic carbocycles. The number of hydrogen-bond donors (Lipinski definition) is 2. The molecule has 0 bridgehead atoms. The van der Waals surface area contributed by atoms with Crippen LogP contribution in [0, 0.1) is 0 Å². The Balaban J connectivity index is 2.94. The van der Waals surface area contributed by atoms with Crippen LogP contribution in [-0.2, 0) is 0 Å². The van der Waals surface area contributed by atoms with Crippen LogP contribution < -0.4 is 5.73 Å². The third-order valence-electron chi connectivity index (χ3n) is 1.78. The summed E-state index contributed by atoms with van der Waals surface area (Å²) in [6.45, 7) is 1.65. The topological polar surface area (TPSA) is 46.2 Å². The van der Waals surface area contributed by atoms with E-state index in [9.17, 15) is 5.11 Å². The Morgan fingerprint density at radius 1 is 1.42 bits per heavy atom. The van der Waals surface area contributed by atoms with Gasteiger partial charge in [-0.3, -0.25) is 0 Å². The maximum atomic E-state index is 9.22. The van der Waals surface area contributed by atoms with Gasteiger partial charge in [0.25, 0.3) is 0 Å². The summed E-state index contributed by atoms with van der Waals surface area (Å²) in [5, 5.41) is 9.82. The van der Waals surface area contributed by atoms with Gasteiger partial charge in [-0.05, 0) is 18.6 Å². The first-order valence-electron chi connectivity index (χ1n) is 3.81. The molecule has 12 heavy (non-hydrogen) atoms. The first-order valence-corrected chi connectivity index (χ1v) is 4.19. The molecule has 66 valence electrons. The van der Waals surface area contributed by atoms with Crippen molar-refractivity contribution < 1.29 is 5.11 Å². The van der Waals surface area contributed by atoms with Crippen molar-refractivity contribution in [3.05, 3.63) is 34.9 Å². The summed E-state index contributed by atoms with van der Waals surface area (Å²) < 4.78 is 0. The minimum absolute atomic E-state index is 0.404. The maximum absolute atomic E-state index is 9.22. The molecule has 1 aromatic rings. The second-order valence-electron chi connectivity index (χ2n) is 2.79. The van der Waals surface area contributed by atoms with Gasteiger partial charge in [0.1, 0.15) is 0 Å². The van der Waals surface area contributed by atoms with Crippen molar-refractivity contribution in [3.8, 4) is 0 Å². The van der Waals surface area contributed by atoms with Gasteiger partial charge in [-0.2, -0.15) is 0 Å². The molecule has 2 nitrogen and oxygen atoms in total. The van der Waals surface area contributed by atoms with E-state index >= 15 is 0 Å². The van der Waals surface area contributed by atoms with Crippen LogP contribution in [0.15, 0.2) is 24.3 Å². The Labute approximate surface area is 77.0 Å². The lowest BCUT2D eigenvalue weighted by Crippen LogP contribution is -2.23. The summed E-state index contributed by atoms with van der Waals surface area (Å²) in [5.74, 6) is 0. The Morgan fingerprint density at radius 2 is 2.00 bits per heavy atom. The largest absolute Gasteiger partial charge is 0.391 e. The molecule has 2 atom stereocenters. The van der Waals surface area contributed by atoms with Crippen molar-refractivity contribution in [1.82, 2.24) is 0 Å². The van der Waals surface area contributed by atoms with Gasteiger partial charge in [-0.1, -0.05) is 29.8 Å². The summed E-state index contributed by atoms with van der Waals surface area (Å²) in [5.41, 5.74) is 6.49. The van der Waals surface area contributed by atoms with Gasteiger partial charge in [-0.15, -0.1) is 0 Å². The number of aliphatic hydroxyl groups is 1. The van der Waals surface area contributed by atoms with E-state index in [0.29, 0.717) is 5.02 Å². The predicted octanol–water partition coefficient (Wildman–Crippen LogP) is 1.72. The SMILES string of the molecule is CC(O)[C@@H](N)c1ccccc1Cl. The first kappa shape index (κ1) is 9.52. The third-order valence-corrected chi connectivity index (χ3v) is 2.13. The van der Waals surface area contributed by atoms with E-state index in [4.69, 9.17) is 17.3 Å². The monoisotopic (exact) mass is 185 g/mol. The predicted molar refractivity (Wildman–Crippen MR) is 50.1 cm³/mol. The minimum Gasteiger partial charge on any atom is -0.391 e. The van der Waals surface area contributed by atoms with Gasteiger partial charge < -0.3 is 10.8 Å². The van der Waals surface area contributed by atoms with Crippen molar-refractivity contribution in [1.29, 1.82) is 0 Å². The molecule has 0 saturated carbocycles. The highest BCUT2D eigenvalue weighted by molar-refractivity contribution is 6.31. The molecule has 0 amide bonds. The van der Waals surface area contributed by atoms with Gasteiger partial charge in [0.2, 0.25) is 0 Å². The van der Waals surface area contributed by atoms with E-state index in [2.05, 4.69) is 0 Å². The molecule has 0 aromatic heterocycles. The second kappa shape index (κ2) is 3.90. The fourth-order valence-corrected chi connectivity index (χ4v) is 1.27. The van der Waals surface area contributed by atoms with Crippen LogP contribution in [0.1, 0.15) is 18.5 Å². The van der Waals surface area contributed by atoms with Gasteiger partial charge in [0, 0.05) is 5.02 Å². The van der Waals surface area contributed by atoms with Crippen molar-refractivity contribution in [2.45, 2.75) is 19.1 Å². The summed E-state index contributed by atoms with van der Waals surface area (Å²) in [4.78, 5) is 0. The van der Waals surface area contributed by atoms with Crippen molar-refractivity contribution in [2.24, 2.45) is 5.73 Å². The zero-order valence-electron chi connectivity index (χ0n) is 6.87. The fraction of sp³-hybridized carbons (Fsp3) is 0.333. The van der Waals surface area contributed by atoms with Crippen LogP contribution in [0.3, 0.4) is 0 Å². The number of benzene rings is 1. The van der Waals surface area contributed by atoms with E-state index in [0.717, 1.165) is 5.56 Å². The summed E-state index contributed by atoms with van der Waals surface area (Å²) in [7, 11) is 0. The van der Waals surface area contributed by atoms with Crippen molar-refractivity contribution in [3.63, 3.8) is 0 Å². The molecule has 0 aliphatic rings. The van der Waals surface area contributed by atoms with Crippen LogP contribution in [0.5, 0.6) is 0 Å². The molecular formula is C9H12ClNO. The zero-order chi connectivity index (χ0) is 9.14. The number of aliphatic hydroxyl groups excluding tert-OH is 1. The molecule has 1 aromatic carbocycles. The first-order chi connectivity index (χ1) is 5.63. The molecule has 0 fully saturated rings. The van der Waals surface area contributed by atoms with Crippen LogP contribution >= 0.6 is 11.6 Å². The molecule has 3 N–H and O–H groups in total. The average molecular weight is 186 g/mol. The van der Waals surface area contributed by atoms with Crippen LogP contribution in [0.2, 0.25) is 5.02 Å². The maximum Gasteiger partial charge on any atom is 0.0705 e. The van der Waals surface area contributed by atoms with Gasteiger partial charge in [-0.25, -0.2) is 0 Å². The highest BCUT2D eigenvalue weighted by Crippen LogP contribution is 2.22. The number of nitrogens with two attached hydrogens (primary N) is 1. The standard InChI is InChI=1S/C9H12ClNO/c1-6(12)9(11)7-4-2-3-5-8(7)10/h2-6,9,12H,11H2,1H3/t6?,9-/m1/s1. The summed E-state index contributed by atoms with van der Waals surface area (Å²) >= 11 is 5.87. The van der Waals surface area contributed by atoms with E-state index < -0.39 is 12.1 Å². The second-order valence-corrected chi connectivity index (χ2v) is 3.20. The molecular weight excluding hydrogens is 174 g/mol. The molecule has 3 heteroatoms. The molecule has 0 spiro atoms. The Hall–Kier alpha value is -0.570. The summed E-state index contributed by atoms with van der Waals surface area (Å²) in [6, 6.07) is 6.86. The molecule has 0 radical (unpaired) electrons. The highest BCUT2D eigenvalue weighted by atomic mass is 35.5. The lowest BCUT2D eigenvalue weighted by Gasteiger charge is -2.15. The van der Waals surface area contributed by atoms with Gasteiger partial charge >= 0.3 is 0 Å². The zero-order valence-corrected chi connectivity index (χ0v) is 7.62. The van der Waals surface area contributed by atoms with E-state index in [1.807, 2.05) is 18.2 Å². The normalized spacial score (nSPS) is 15.7. The number of rotatable bonds is 2. The minimum atomic E-state index is -0.579. The fourth-order valence-electron chi connectivity index (χ4n) is 1.01. The molecule has 1 unspecified atom stereocenters. The van der Waals surface area contributed by atoms with Crippen LogP contribution in [0.25, 0.3) is 0 Å². The van der Waals surface area contributed by atoms with Gasteiger partial charge in [0.15, 0.2) is 0 Å². The van der Waals surface area contributed by atoms with Gasteiger partial charge in [0.05, 0.1) is 12.1 Å². The Morgan fingerprint density at radius 3 is 2.50 bits per heavy atom. The number of hydrogen-bond acceptors (Lipinski definition) is 2. The molecule has 1 rings (SSSR count). The Kier molecular flexibility index (Phi) is 3.09. The highest BCUT2D eigenvalue weighted by Gasteiger charge is 2.13. The number of halogens is 1. The van der Waals surface area contributed by atoms with E-state index in [-0.39, 0.29) is 0 Å². The van der Waals surface area contributed by atoms with E-state index in [1.165, 1.54) is 0 Å². The average Bonchev–Trinajstić information content (AvgIpc) is 2.04.